The van der Waals surface area contributed by atoms with Gasteiger partial charge in [-0.3, -0.25) is 9.80 Å². The third-order valence-corrected chi connectivity index (χ3v) is 4.12. The van der Waals surface area contributed by atoms with E-state index in [0.717, 1.165) is 12.6 Å². The maximum Gasteiger partial charge on any atom is 0.0350 e. The van der Waals surface area contributed by atoms with Crippen LogP contribution in [0.2, 0.25) is 0 Å². The summed E-state index contributed by atoms with van der Waals surface area (Å²) in [7, 11) is 0. The van der Waals surface area contributed by atoms with Crippen molar-refractivity contribution >= 4 is 0 Å². The fourth-order valence-electron chi connectivity index (χ4n) is 2.59. The fourth-order valence-corrected chi connectivity index (χ4v) is 2.59. The lowest BCUT2D eigenvalue weighted by Gasteiger charge is -2.53. The molecule has 0 aromatic rings. The van der Waals surface area contributed by atoms with Crippen molar-refractivity contribution in [1.82, 2.24) is 9.80 Å². The lowest BCUT2D eigenvalue weighted by atomic mass is 9.94. The van der Waals surface area contributed by atoms with Crippen molar-refractivity contribution in [3.05, 3.63) is 0 Å². The van der Waals surface area contributed by atoms with E-state index in [-0.39, 0.29) is 5.54 Å². The van der Waals surface area contributed by atoms with Gasteiger partial charge in [-0.25, -0.2) is 0 Å². The van der Waals surface area contributed by atoms with Gasteiger partial charge in [0.25, 0.3) is 0 Å². The highest BCUT2D eigenvalue weighted by Crippen LogP contribution is 2.25. The number of likely N-dealkylation sites (tertiary alicyclic amines) is 2. The second-order valence-electron chi connectivity index (χ2n) is 5.67. The predicted octanol–water partition coefficient (Wildman–Crippen LogP) is 0.894. The lowest BCUT2D eigenvalue weighted by molar-refractivity contribution is -0.0315. The summed E-state index contributed by atoms with van der Waals surface area (Å²) >= 11 is 0. The number of nitrogens with two attached hydrogens (primary N) is 1. The van der Waals surface area contributed by atoms with E-state index in [9.17, 15) is 0 Å². The van der Waals surface area contributed by atoms with Crippen LogP contribution >= 0.6 is 0 Å². The Bertz CT molecular complexity index is 203. The van der Waals surface area contributed by atoms with Crippen LogP contribution in [0.1, 0.15) is 33.1 Å². The first-order chi connectivity index (χ1) is 7.13. The lowest BCUT2D eigenvalue weighted by Crippen LogP contribution is -2.67. The molecule has 0 atom stereocenters. The Morgan fingerprint density at radius 2 is 1.73 bits per heavy atom. The van der Waals surface area contributed by atoms with Gasteiger partial charge >= 0.3 is 0 Å². The maximum atomic E-state index is 5.79. The van der Waals surface area contributed by atoms with Crippen LogP contribution < -0.4 is 5.73 Å². The van der Waals surface area contributed by atoms with Crippen molar-refractivity contribution in [3.63, 3.8) is 0 Å². The van der Waals surface area contributed by atoms with E-state index in [1.807, 2.05) is 0 Å². The van der Waals surface area contributed by atoms with Crippen molar-refractivity contribution in [2.45, 2.75) is 44.7 Å². The quantitative estimate of drug-likeness (QED) is 0.752. The highest BCUT2D eigenvalue weighted by molar-refractivity contribution is 4.96. The van der Waals surface area contributed by atoms with E-state index < -0.39 is 0 Å². The van der Waals surface area contributed by atoms with Gasteiger partial charge in [0.15, 0.2) is 0 Å². The molecule has 2 N–H and O–H groups in total. The Kier molecular flexibility index (Phi) is 3.33. The molecule has 0 saturated carbocycles. The van der Waals surface area contributed by atoms with Crippen LogP contribution in [0, 0.1) is 0 Å². The van der Waals surface area contributed by atoms with Crippen LogP contribution in [-0.4, -0.2) is 54.1 Å². The summed E-state index contributed by atoms with van der Waals surface area (Å²) in [4.78, 5) is 5.19. The molecular formula is C12H25N3. The van der Waals surface area contributed by atoms with Gasteiger partial charge in [-0.1, -0.05) is 6.42 Å². The van der Waals surface area contributed by atoms with E-state index in [2.05, 4.69) is 23.6 Å². The van der Waals surface area contributed by atoms with Crippen molar-refractivity contribution in [2.75, 3.05) is 32.7 Å². The van der Waals surface area contributed by atoms with Crippen LogP contribution in [0.4, 0.5) is 0 Å². The molecule has 0 unspecified atom stereocenters. The van der Waals surface area contributed by atoms with Crippen LogP contribution in [0.15, 0.2) is 0 Å². The van der Waals surface area contributed by atoms with E-state index in [1.54, 1.807) is 0 Å². The molecule has 2 fully saturated rings. The third kappa shape index (κ3) is 2.35. The Balaban J connectivity index is 1.77. The summed E-state index contributed by atoms with van der Waals surface area (Å²) in [5.41, 5.74) is 5.99. The summed E-state index contributed by atoms with van der Waals surface area (Å²) in [6.45, 7) is 10.4. The van der Waals surface area contributed by atoms with E-state index in [4.69, 9.17) is 5.73 Å². The topological polar surface area (TPSA) is 32.5 Å². The molecule has 0 aromatic heterocycles. The number of hydrogen-bond acceptors (Lipinski definition) is 3. The number of nitrogens with zero attached hydrogens (tertiary/aromatic N) is 2. The summed E-state index contributed by atoms with van der Waals surface area (Å²) in [6.07, 6.45) is 4.23. The van der Waals surface area contributed by atoms with Crippen molar-refractivity contribution < 1.29 is 0 Å². The molecule has 15 heavy (non-hydrogen) atoms. The maximum absolute atomic E-state index is 5.79. The highest BCUT2D eigenvalue weighted by Gasteiger charge is 2.39. The monoisotopic (exact) mass is 211 g/mol. The molecule has 0 bridgehead atoms. The van der Waals surface area contributed by atoms with E-state index >= 15 is 0 Å². The van der Waals surface area contributed by atoms with Gasteiger partial charge in [-0.05, 0) is 39.8 Å². The van der Waals surface area contributed by atoms with Crippen LogP contribution in [-0.2, 0) is 0 Å². The molecule has 2 aliphatic heterocycles. The summed E-state index contributed by atoms with van der Waals surface area (Å²) in [5, 5.41) is 0. The normalized spacial score (nSPS) is 26.6. The van der Waals surface area contributed by atoms with Gasteiger partial charge in [0.2, 0.25) is 0 Å². The molecule has 2 heterocycles. The van der Waals surface area contributed by atoms with Gasteiger partial charge in [0, 0.05) is 31.2 Å². The first-order valence-corrected chi connectivity index (χ1v) is 6.33. The Hall–Kier alpha value is -0.120. The SMILES string of the molecule is CC(C)(CN)N1CC(N2CCCCC2)C1. The molecule has 3 heteroatoms. The van der Waals surface area contributed by atoms with Crippen LogP contribution in [0.25, 0.3) is 0 Å². The summed E-state index contributed by atoms with van der Waals surface area (Å²) < 4.78 is 0. The molecular weight excluding hydrogens is 186 g/mol. The molecule has 0 aromatic carbocycles. The first-order valence-electron chi connectivity index (χ1n) is 6.33. The molecule has 0 radical (unpaired) electrons. The van der Waals surface area contributed by atoms with Crippen molar-refractivity contribution in [3.8, 4) is 0 Å². The van der Waals surface area contributed by atoms with Gasteiger partial charge in [-0.2, -0.15) is 0 Å². The zero-order chi connectivity index (χ0) is 10.9. The Morgan fingerprint density at radius 3 is 2.27 bits per heavy atom. The molecule has 0 aliphatic carbocycles. The minimum absolute atomic E-state index is 0.201. The zero-order valence-electron chi connectivity index (χ0n) is 10.2. The number of rotatable bonds is 3. The van der Waals surface area contributed by atoms with E-state index in [1.165, 1.54) is 45.4 Å². The van der Waals surface area contributed by atoms with Gasteiger partial charge in [-0.15, -0.1) is 0 Å². The minimum Gasteiger partial charge on any atom is -0.329 e. The standard InChI is InChI=1S/C12H25N3/c1-12(2,10-13)15-8-11(9-15)14-6-4-3-5-7-14/h11H,3-10,13H2,1-2H3. The number of hydrogen-bond donors (Lipinski definition) is 1. The second-order valence-corrected chi connectivity index (χ2v) is 5.67. The molecule has 2 saturated heterocycles. The summed E-state index contributed by atoms with van der Waals surface area (Å²) in [6, 6.07) is 0.816. The van der Waals surface area contributed by atoms with Gasteiger partial charge in [0.05, 0.1) is 0 Å². The number of piperidine rings is 1. The first kappa shape index (κ1) is 11.4. The van der Waals surface area contributed by atoms with E-state index in [0.29, 0.717) is 0 Å². The smallest absolute Gasteiger partial charge is 0.0350 e. The predicted molar refractivity (Wildman–Crippen MR) is 63.9 cm³/mol. The fraction of sp³-hybridized carbons (Fsp3) is 1.00. The van der Waals surface area contributed by atoms with Crippen LogP contribution in [0.3, 0.4) is 0 Å². The third-order valence-electron chi connectivity index (χ3n) is 4.12. The van der Waals surface area contributed by atoms with Crippen molar-refractivity contribution in [2.24, 2.45) is 5.73 Å². The second kappa shape index (κ2) is 4.40. The molecule has 2 rings (SSSR count). The highest BCUT2D eigenvalue weighted by atomic mass is 15.3. The average Bonchev–Trinajstić information content (AvgIpc) is 2.17. The zero-order valence-corrected chi connectivity index (χ0v) is 10.2. The average molecular weight is 211 g/mol. The largest absolute Gasteiger partial charge is 0.329 e. The Morgan fingerprint density at radius 1 is 1.13 bits per heavy atom. The molecule has 0 spiro atoms. The summed E-state index contributed by atoms with van der Waals surface area (Å²) in [5.74, 6) is 0. The van der Waals surface area contributed by atoms with Gasteiger partial charge < -0.3 is 5.73 Å². The molecule has 2 aliphatic rings. The van der Waals surface area contributed by atoms with Gasteiger partial charge in [0.1, 0.15) is 0 Å². The van der Waals surface area contributed by atoms with Crippen LogP contribution in [0.5, 0.6) is 0 Å². The molecule has 3 nitrogen and oxygen atoms in total. The molecule has 0 amide bonds. The van der Waals surface area contributed by atoms with Crippen molar-refractivity contribution in [1.29, 1.82) is 0 Å². The minimum atomic E-state index is 0.201. The molecule has 88 valence electrons. The Labute approximate surface area is 93.6 Å².